The van der Waals surface area contributed by atoms with Gasteiger partial charge in [0.25, 0.3) is 11.6 Å². The molecule has 0 bridgehead atoms. The van der Waals surface area contributed by atoms with E-state index in [2.05, 4.69) is 5.32 Å². The van der Waals surface area contributed by atoms with E-state index in [0.717, 1.165) is 6.07 Å². The van der Waals surface area contributed by atoms with Crippen LogP contribution in [0.25, 0.3) is 0 Å². The number of non-ortho nitro benzene ring substituents is 1. The summed E-state index contributed by atoms with van der Waals surface area (Å²) in [5.41, 5.74) is -0.157. The SMILES string of the molecule is CN(C)c1ccc([N+](=O)[O-])cc1C(=O)OCC(=O)NC(C)(C)C. The molecule has 0 saturated carbocycles. The molecule has 1 rings (SSSR count). The molecular formula is C15H21N3O5. The maximum atomic E-state index is 12.2. The molecule has 0 radical (unpaired) electrons. The van der Waals surface area contributed by atoms with Crippen LogP contribution in [0, 0.1) is 10.1 Å². The van der Waals surface area contributed by atoms with Gasteiger partial charge in [-0.2, -0.15) is 0 Å². The maximum absolute atomic E-state index is 12.2. The van der Waals surface area contributed by atoms with E-state index in [-0.39, 0.29) is 11.3 Å². The molecule has 0 saturated heterocycles. The fourth-order valence-electron chi connectivity index (χ4n) is 1.85. The van der Waals surface area contributed by atoms with Gasteiger partial charge in [0, 0.05) is 31.8 Å². The minimum absolute atomic E-state index is 0.0350. The number of nitrogens with one attached hydrogen (secondary N) is 1. The third kappa shape index (κ3) is 5.57. The van der Waals surface area contributed by atoms with Crippen LogP contribution < -0.4 is 10.2 Å². The van der Waals surface area contributed by atoms with Gasteiger partial charge in [0.2, 0.25) is 0 Å². The molecule has 0 aliphatic rings. The Morgan fingerprint density at radius 1 is 1.30 bits per heavy atom. The molecule has 126 valence electrons. The molecule has 0 spiro atoms. The summed E-state index contributed by atoms with van der Waals surface area (Å²) in [4.78, 5) is 35.7. The standard InChI is InChI=1S/C15H21N3O5/c1-15(2,3)16-13(19)9-23-14(20)11-8-10(18(21)22)6-7-12(11)17(4)5/h6-8H,9H2,1-5H3,(H,16,19). The van der Waals surface area contributed by atoms with Crippen LogP contribution in [0.2, 0.25) is 0 Å². The first kappa shape index (κ1) is 18.4. The number of amides is 1. The molecule has 23 heavy (non-hydrogen) atoms. The molecule has 0 aliphatic carbocycles. The zero-order valence-electron chi connectivity index (χ0n) is 13.9. The first-order valence-electron chi connectivity index (χ1n) is 6.95. The van der Waals surface area contributed by atoms with Crippen molar-refractivity contribution < 1.29 is 19.2 Å². The average molecular weight is 323 g/mol. The Balaban J connectivity index is 2.91. The number of esters is 1. The highest BCUT2D eigenvalue weighted by molar-refractivity contribution is 5.97. The second-order valence-corrected chi connectivity index (χ2v) is 6.23. The summed E-state index contributed by atoms with van der Waals surface area (Å²) in [7, 11) is 3.40. The van der Waals surface area contributed by atoms with E-state index in [9.17, 15) is 19.7 Å². The van der Waals surface area contributed by atoms with Crippen LogP contribution >= 0.6 is 0 Å². The highest BCUT2D eigenvalue weighted by Gasteiger charge is 2.21. The van der Waals surface area contributed by atoms with Crippen molar-refractivity contribution >= 4 is 23.3 Å². The molecule has 1 aromatic rings. The molecule has 0 aromatic heterocycles. The summed E-state index contributed by atoms with van der Waals surface area (Å²) in [5.74, 6) is -1.23. The van der Waals surface area contributed by atoms with Crippen LogP contribution in [-0.2, 0) is 9.53 Å². The van der Waals surface area contributed by atoms with E-state index in [0.29, 0.717) is 5.69 Å². The Morgan fingerprint density at radius 2 is 1.91 bits per heavy atom. The molecule has 0 heterocycles. The minimum atomic E-state index is -0.790. The molecule has 0 unspecified atom stereocenters. The van der Waals surface area contributed by atoms with E-state index in [1.54, 1.807) is 39.8 Å². The van der Waals surface area contributed by atoms with Gasteiger partial charge < -0.3 is 15.0 Å². The number of carbonyl (C=O) groups excluding carboxylic acids is 2. The van der Waals surface area contributed by atoms with Gasteiger partial charge in [-0.05, 0) is 26.8 Å². The van der Waals surface area contributed by atoms with Crippen molar-refractivity contribution in [3.05, 3.63) is 33.9 Å². The molecule has 1 N–H and O–H groups in total. The lowest BCUT2D eigenvalue weighted by molar-refractivity contribution is -0.384. The van der Waals surface area contributed by atoms with Gasteiger partial charge in [-0.25, -0.2) is 4.79 Å². The number of hydrogen-bond donors (Lipinski definition) is 1. The number of carbonyl (C=O) groups is 2. The highest BCUT2D eigenvalue weighted by Crippen LogP contribution is 2.24. The van der Waals surface area contributed by atoms with Crippen molar-refractivity contribution in [2.45, 2.75) is 26.3 Å². The number of nitro groups is 1. The Bertz CT molecular complexity index is 620. The van der Waals surface area contributed by atoms with Gasteiger partial charge in [-0.3, -0.25) is 14.9 Å². The smallest absolute Gasteiger partial charge is 0.341 e. The maximum Gasteiger partial charge on any atom is 0.341 e. The van der Waals surface area contributed by atoms with Crippen molar-refractivity contribution in [3.63, 3.8) is 0 Å². The Morgan fingerprint density at radius 3 is 2.39 bits per heavy atom. The highest BCUT2D eigenvalue weighted by atomic mass is 16.6. The van der Waals surface area contributed by atoms with Crippen molar-refractivity contribution in [2.24, 2.45) is 0 Å². The number of rotatable bonds is 5. The zero-order valence-corrected chi connectivity index (χ0v) is 13.9. The summed E-state index contributed by atoms with van der Waals surface area (Å²) >= 11 is 0. The van der Waals surface area contributed by atoms with Crippen LogP contribution in [0.15, 0.2) is 18.2 Å². The largest absolute Gasteiger partial charge is 0.452 e. The lowest BCUT2D eigenvalue weighted by atomic mass is 10.1. The number of ether oxygens (including phenoxy) is 1. The summed E-state index contributed by atoms with van der Waals surface area (Å²) in [6.07, 6.45) is 0. The summed E-state index contributed by atoms with van der Waals surface area (Å²) in [5, 5.41) is 13.5. The number of nitro benzene ring substituents is 1. The third-order valence-corrected chi connectivity index (χ3v) is 2.74. The summed E-state index contributed by atoms with van der Waals surface area (Å²) < 4.78 is 4.96. The normalized spacial score (nSPS) is 10.8. The molecule has 8 nitrogen and oxygen atoms in total. The van der Waals surface area contributed by atoms with Crippen LogP contribution in [0.3, 0.4) is 0 Å². The van der Waals surface area contributed by atoms with E-state index >= 15 is 0 Å². The van der Waals surface area contributed by atoms with E-state index in [1.165, 1.54) is 12.1 Å². The first-order chi connectivity index (χ1) is 10.5. The summed E-state index contributed by atoms with van der Waals surface area (Å²) in [6, 6.07) is 3.90. The lowest BCUT2D eigenvalue weighted by Gasteiger charge is -2.20. The predicted octanol–water partition coefficient (Wildman–Crippen LogP) is 1.73. The monoisotopic (exact) mass is 323 g/mol. The lowest BCUT2D eigenvalue weighted by Crippen LogP contribution is -2.42. The summed E-state index contributed by atoms with van der Waals surface area (Å²) in [6.45, 7) is 4.96. The number of hydrogen-bond acceptors (Lipinski definition) is 6. The van der Waals surface area contributed by atoms with E-state index < -0.39 is 28.9 Å². The molecule has 0 aliphatic heterocycles. The molecule has 1 aromatic carbocycles. The van der Waals surface area contributed by atoms with Gasteiger partial charge in [-0.15, -0.1) is 0 Å². The molecule has 8 heteroatoms. The van der Waals surface area contributed by atoms with Gasteiger partial charge in [0.1, 0.15) is 0 Å². The fraction of sp³-hybridized carbons (Fsp3) is 0.467. The van der Waals surface area contributed by atoms with E-state index in [1.807, 2.05) is 0 Å². The minimum Gasteiger partial charge on any atom is -0.452 e. The van der Waals surface area contributed by atoms with Crippen LogP contribution in [0.4, 0.5) is 11.4 Å². The van der Waals surface area contributed by atoms with Crippen molar-refractivity contribution in [3.8, 4) is 0 Å². The fourth-order valence-corrected chi connectivity index (χ4v) is 1.85. The number of benzene rings is 1. The van der Waals surface area contributed by atoms with Crippen LogP contribution in [0.1, 0.15) is 31.1 Å². The topological polar surface area (TPSA) is 102 Å². The van der Waals surface area contributed by atoms with Gasteiger partial charge in [-0.1, -0.05) is 0 Å². The van der Waals surface area contributed by atoms with Gasteiger partial charge in [0.05, 0.1) is 16.2 Å². The molecule has 1 amide bonds. The Kier molecular flexibility index (Phi) is 5.67. The van der Waals surface area contributed by atoms with Gasteiger partial charge >= 0.3 is 5.97 Å². The molecule has 0 fully saturated rings. The second kappa shape index (κ2) is 7.08. The predicted molar refractivity (Wildman–Crippen MR) is 85.6 cm³/mol. The zero-order chi connectivity index (χ0) is 17.8. The van der Waals surface area contributed by atoms with Gasteiger partial charge in [0.15, 0.2) is 6.61 Å². The Hall–Kier alpha value is -2.64. The number of anilines is 1. The van der Waals surface area contributed by atoms with Crippen LogP contribution in [-0.4, -0.2) is 43.0 Å². The van der Waals surface area contributed by atoms with Crippen molar-refractivity contribution in [2.75, 3.05) is 25.6 Å². The van der Waals surface area contributed by atoms with Crippen molar-refractivity contribution in [1.29, 1.82) is 0 Å². The average Bonchev–Trinajstić information content (AvgIpc) is 2.42. The molecule has 0 atom stereocenters. The van der Waals surface area contributed by atoms with Crippen molar-refractivity contribution in [1.82, 2.24) is 5.32 Å². The molecular weight excluding hydrogens is 302 g/mol. The third-order valence-electron chi connectivity index (χ3n) is 2.74. The second-order valence-electron chi connectivity index (χ2n) is 6.23. The van der Waals surface area contributed by atoms with E-state index in [4.69, 9.17) is 4.74 Å². The van der Waals surface area contributed by atoms with Crippen LogP contribution in [0.5, 0.6) is 0 Å². The quantitative estimate of drug-likeness (QED) is 0.503. The Labute approximate surface area is 134 Å². The number of nitrogens with zero attached hydrogens (tertiary/aromatic N) is 2. The first-order valence-corrected chi connectivity index (χ1v) is 6.95.